The van der Waals surface area contributed by atoms with Crippen molar-refractivity contribution in [3.8, 4) is 0 Å². The molecule has 0 radical (unpaired) electrons. The number of ketones is 1. The molecular weight excluding hydrogens is 415 g/mol. The first-order valence-electron chi connectivity index (χ1n) is 6.61. The molecule has 0 aliphatic rings. The Bertz CT molecular complexity index is 749. The molecule has 0 heterocycles. The molecule has 0 spiro atoms. The van der Waals surface area contributed by atoms with Crippen LogP contribution in [0.3, 0.4) is 0 Å². The Hall–Kier alpha value is -0.970. The first-order valence-corrected chi connectivity index (χ1v) is 8.50. The van der Waals surface area contributed by atoms with Crippen molar-refractivity contribution in [2.45, 2.75) is 10.2 Å². The van der Waals surface area contributed by atoms with Crippen LogP contribution in [0, 0.1) is 0 Å². The van der Waals surface area contributed by atoms with Gasteiger partial charge in [-0.3, -0.25) is 9.59 Å². The van der Waals surface area contributed by atoms with Gasteiger partial charge < -0.3 is 5.32 Å². The van der Waals surface area contributed by atoms with Crippen molar-refractivity contribution in [2.24, 2.45) is 0 Å². The molecule has 0 bridgehead atoms. The molecule has 0 aliphatic heterocycles. The number of halogens is 5. The minimum absolute atomic E-state index is 0.272. The van der Waals surface area contributed by atoms with Gasteiger partial charge in [-0.1, -0.05) is 70.1 Å². The fourth-order valence-electron chi connectivity index (χ4n) is 1.91. The maximum Gasteiger partial charge on any atom is 0.232 e. The minimum atomic E-state index is -1.54. The second kappa shape index (κ2) is 7.94. The number of Topliss-reactive ketones (excluding diaryl/α,β-unsaturated/α-hetero) is 1. The maximum atomic E-state index is 12.1. The Balaban J connectivity index is 2.01. The van der Waals surface area contributed by atoms with E-state index in [4.69, 9.17) is 58.0 Å². The number of benzene rings is 2. The number of nitrogens with one attached hydrogen (secondary N) is 1. The van der Waals surface area contributed by atoms with Gasteiger partial charge in [0.25, 0.3) is 0 Å². The standard InChI is InChI=1S/C16H10Cl5NO2/c17-11-5-9(6-12(18)7-11)14(23)8-15(24)22-13-3-1-10(2-4-13)16(19,20)21/h1-7H,8H2,(H,22,24). The molecule has 1 N–H and O–H groups in total. The van der Waals surface area contributed by atoms with Crippen molar-refractivity contribution >= 4 is 75.4 Å². The number of alkyl halides is 3. The van der Waals surface area contributed by atoms with E-state index in [9.17, 15) is 9.59 Å². The van der Waals surface area contributed by atoms with Crippen molar-refractivity contribution < 1.29 is 9.59 Å². The smallest absolute Gasteiger partial charge is 0.232 e. The average Bonchev–Trinajstić information content (AvgIpc) is 2.45. The minimum Gasteiger partial charge on any atom is -0.326 e. The summed E-state index contributed by atoms with van der Waals surface area (Å²) >= 11 is 29.0. The van der Waals surface area contributed by atoms with Crippen LogP contribution in [0.25, 0.3) is 0 Å². The first-order chi connectivity index (χ1) is 11.1. The fraction of sp³-hybridized carbons (Fsp3) is 0.125. The molecule has 0 unspecified atom stereocenters. The highest BCUT2D eigenvalue weighted by Crippen LogP contribution is 2.38. The highest BCUT2D eigenvalue weighted by Gasteiger charge is 2.22. The summed E-state index contributed by atoms with van der Waals surface area (Å²) in [4.78, 5) is 24.1. The molecule has 2 rings (SSSR count). The molecule has 0 saturated carbocycles. The Kier molecular flexibility index (Phi) is 6.40. The summed E-state index contributed by atoms with van der Waals surface area (Å²) in [6.07, 6.45) is -0.344. The van der Waals surface area contributed by atoms with Gasteiger partial charge in [0.15, 0.2) is 5.78 Å². The summed E-state index contributed by atoms with van der Waals surface area (Å²) in [6.45, 7) is 0. The van der Waals surface area contributed by atoms with Crippen LogP contribution in [0.1, 0.15) is 22.3 Å². The highest BCUT2D eigenvalue weighted by molar-refractivity contribution is 6.66. The quantitative estimate of drug-likeness (QED) is 0.369. The Labute approximate surface area is 163 Å². The van der Waals surface area contributed by atoms with Crippen LogP contribution < -0.4 is 5.32 Å². The van der Waals surface area contributed by atoms with Gasteiger partial charge in [0.2, 0.25) is 9.70 Å². The summed E-state index contributed by atoms with van der Waals surface area (Å²) in [7, 11) is 0. The molecule has 8 heteroatoms. The number of anilines is 1. The van der Waals surface area contributed by atoms with Gasteiger partial charge in [0.1, 0.15) is 0 Å². The van der Waals surface area contributed by atoms with Gasteiger partial charge in [-0.05, 0) is 30.3 Å². The van der Waals surface area contributed by atoms with Gasteiger partial charge in [-0.15, -0.1) is 0 Å². The molecule has 24 heavy (non-hydrogen) atoms. The zero-order chi connectivity index (χ0) is 17.9. The van der Waals surface area contributed by atoms with E-state index in [2.05, 4.69) is 5.32 Å². The molecule has 0 saturated heterocycles. The monoisotopic (exact) mass is 423 g/mol. The number of carbonyl (C=O) groups is 2. The van der Waals surface area contributed by atoms with E-state index in [0.717, 1.165) is 0 Å². The molecule has 0 aromatic heterocycles. The Morgan fingerprint density at radius 3 is 1.96 bits per heavy atom. The molecule has 0 aliphatic carbocycles. The van der Waals surface area contributed by atoms with Crippen LogP contribution in [0.4, 0.5) is 5.69 Å². The molecular formula is C16H10Cl5NO2. The van der Waals surface area contributed by atoms with Crippen molar-refractivity contribution in [1.29, 1.82) is 0 Å². The predicted octanol–water partition coefficient (Wildman–Crippen LogP) is 6.03. The lowest BCUT2D eigenvalue weighted by Gasteiger charge is -2.12. The number of amides is 1. The molecule has 1 amide bonds. The van der Waals surface area contributed by atoms with Gasteiger partial charge in [-0.25, -0.2) is 0 Å². The number of carbonyl (C=O) groups excluding carboxylic acids is 2. The van der Waals surface area contributed by atoms with E-state index >= 15 is 0 Å². The van der Waals surface area contributed by atoms with Crippen LogP contribution in [0.5, 0.6) is 0 Å². The van der Waals surface area contributed by atoms with Crippen molar-refractivity contribution in [1.82, 2.24) is 0 Å². The molecule has 0 fully saturated rings. The van der Waals surface area contributed by atoms with Gasteiger partial charge in [-0.2, -0.15) is 0 Å². The third kappa shape index (κ3) is 5.54. The van der Waals surface area contributed by atoms with Gasteiger partial charge >= 0.3 is 0 Å². The van der Waals surface area contributed by atoms with E-state index in [-0.39, 0.29) is 12.0 Å². The summed E-state index contributed by atoms with van der Waals surface area (Å²) in [6, 6.07) is 10.7. The van der Waals surface area contributed by atoms with E-state index in [1.165, 1.54) is 18.2 Å². The van der Waals surface area contributed by atoms with Crippen molar-refractivity contribution in [2.75, 3.05) is 5.32 Å². The number of hydrogen-bond donors (Lipinski definition) is 1. The average molecular weight is 426 g/mol. The highest BCUT2D eigenvalue weighted by atomic mass is 35.6. The van der Waals surface area contributed by atoms with Crippen molar-refractivity contribution in [3.63, 3.8) is 0 Å². The third-order valence-electron chi connectivity index (χ3n) is 3.00. The van der Waals surface area contributed by atoms with Crippen LogP contribution in [-0.4, -0.2) is 11.7 Å². The van der Waals surface area contributed by atoms with Crippen molar-refractivity contribution in [3.05, 3.63) is 63.6 Å². The van der Waals surface area contributed by atoms with E-state index in [0.29, 0.717) is 21.3 Å². The summed E-state index contributed by atoms with van der Waals surface area (Å²) in [5, 5.41) is 3.25. The van der Waals surface area contributed by atoms with Crippen LogP contribution in [0.2, 0.25) is 10.0 Å². The molecule has 2 aromatic carbocycles. The summed E-state index contributed by atoms with van der Waals surface area (Å²) in [5.41, 5.74) is 1.22. The molecule has 2 aromatic rings. The van der Waals surface area contributed by atoms with Gasteiger partial charge in [0, 0.05) is 26.9 Å². The molecule has 3 nitrogen and oxygen atoms in total. The van der Waals surface area contributed by atoms with E-state index in [1.54, 1.807) is 24.3 Å². The maximum absolute atomic E-state index is 12.1. The first kappa shape index (κ1) is 19.4. The second-order valence-corrected chi connectivity index (χ2v) is 8.04. The van der Waals surface area contributed by atoms with E-state index in [1.807, 2.05) is 0 Å². The van der Waals surface area contributed by atoms with Crippen LogP contribution in [0.15, 0.2) is 42.5 Å². The number of rotatable bonds is 4. The zero-order valence-electron chi connectivity index (χ0n) is 12.0. The Morgan fingerprint density at radius 2 is 1.46 bits per heavy atom. The van der Waals surface area contributed by atoms with Crippen LogP contribution in [-0.2, 0) is 8.59 Å². The summed E-state index contributed by atoms with van der Waals surface area (Å²) < 4.78 is -1.54. The Morgan fingerprint density at radius 1 is 0.917 bits per heavy atom. The summed E-state index contributed by atoms with van der Waals surface area (Å²) in [5.74, 6) is -0.868. The normalized spacial score (nSPS) is 11.2. The fourth-order valence-corrected chi connectivity index (χ4v) is 2.81. The largest absolute Gasteiger partial charge is 0.326 e. The zero-order valence-corrected chi connectivity index (χ0v) is 15.7. The number of hydrogen-bond acceptors (Lipinski definition) is 2. The lowest BCUT2D eigenvalue weighted by Crippen LogP contribution is -2.16. The predicted molar refractivity (Wildman–Crippen MR) is 99.7 cm³/mol. The SMILES string of the molecule is O=C(CC(=O)c1cc(Cl)cc(Cl)c1)Nc1ccc(C(Cl)(Cl)Cl)cc1. The molecule has 0 atom stereocenters. The van der Waals surface area contributed by atoms with Crippen LogP contribution >= 0.6 is 58.0 Å². The van der Waals surface area contributed by atoms with E-state index < -0.39 is 15.5 Å². The topological polar surface area (TPSA) is 46.2 Å². The molecule has 126 valence electrons. The lowest BCUT2D eigenvalue weighted by molar-refractivity contribution is -0.115. The van der Waals surface area contributed by atoms with Gasteiger partial charge in [0.05, 0.1) is 6.42 Å². The second-order valence-electron chi connectivity index (χ2n) is 4.88. The third-order valence-corrected chi connectivity index (χ3v) is 4.09. The lowest BCUT2D eigenvalue weighted by atomic mass is 10.1.